The zero-order valence-electron chi connectivity index (χ0n) is 9.41. The summed E-state index contributed by atoms with van der Waals surface area (Å²) in [5.74, 6) is 0. The highest BCUT2D eigenvalue weighted by Gasteiger charge is 2.08. The summed E-state index contributed by atoms with van der Waals surface area (Å²) in [4.78, 5) is 16.2. The van der Waals surface area contributed by atoms with Gasteiger partial charge in [-0.1, -0.05) is 0 Å². The van der Waals surface area contributed by atoms with E-state index in [0.717, 1.165) is 27.9 Å². The van der Waals surface area contributed by atoms with E-state index in [-0.39, 0.29) is 0 Å². The average molecular weight is 235 g/mol. The fourth-order valence-electron chi connectivity index (χ4n) is 2.10. The molecule has 4 heterocycles. The molecule has 4 aromatic heterocycles. The minimum Gasteiger partial charge on any atom is -0.346 e. The van der Waals surface area contributed by atoms with Crippen LogP contribution in [0, 0.1) is 0 Å². The van der Waals surface area contributed by atoms with Crippen LogP contribution in [0.3, 0.4) is 0 Å². The number of imidazole rings is 1. The molecule has 0 spiro atoms. The van der Waals surface area contributed by atoms with Gasteiger partial charge in [0.15, 0.2) is 0 Å². The van der Waals surface area contributed by atoms with Gasteiger partial charge in [-0.2, -0.15) is 0 Å². The summed E-state index contributed by atoms with van der Waals surface area (Å²) in [5, 5.41) is 1.02. The second kappa shape index (κ2) is 3.40. The molecule has 0 saturated carbocycles. The van der Waals surface area contributed by atoms with Crippen LogP contribution in [0.4, 0.5) is 0 Å². The summed E-state index contributed by atoms with van der Waals surface area (Å²) < 4.78 is 1.93. The summed E-state index contributed by atoms with van der Waals surface area (Å²) in [6.45, 7) is 0. The third-order valence-electron chi connectivity index (χ3n) is 2.97. The summed E-state index contributed by atoms with van der Waals surface area (Å²) >= 11 is 0. The minimum absolute atomic E-state index is 0.853. The second-order valence-corrected chi connectivity index (χ2v) is 4.08. The number of nitrogens with zero attached hydrogens (tertiary/aromatic N) is 4. The first-order valence-corrected chi connectivity index (χ1v) is 5.63. The van der Waals surface area contributed by atoms with Crippen molar-refractivity contribution in [1.82, 2.24) is 24.3 Å². The zero-order valence-corrected chi connectivity index (χ0v) is 9.41. The highest BCUT2D eigenvalue weighted by Crippen LogP contribution is 2.21. The van der Waals surface area contributed by atoms with Crippen LogP contribution in [0.1, 0.15) is 0 Å². The molecule has 0 unspecified atom stereocenters. The van der Waals surface area contributed by atoms with E-state index in [0.29, 0.717) is 0 Å². The Hall–Kier alpha value is -2.69. The maximum Gasteiger partial charge on any atom is 0.149 e. The summed E-state index contributed by atoms with van der Waals surface area (Å²) in [5.41, 5.74) is 3.66. The molecule has 18 heavy (non-hydrogen) atoms. The zero-order chi connectivity index (χ0) is 11.9. The number of H-pyrrole nitrogens is 1. The Kier molecular flexibility index (Phi) is 1.77. The summed E-state index contributed by atoms with van der Waals surface area (Å²) in [7, 11) is 0. The molecule has 0 aliphatic heterocycles. The van der Waals surface area contributed by atoms with Gasteiger partial charge in [0.1, 0.15) is 17.6 Å². The van der Waals surface area contributed by atoms with Gasteiger partial charge in [-0.05, 0) is 18.2 Å². The third-order valence-corrected chi connectivity index (χ3v) is 2.97. The predicted molar refractivity (Wildman–Crippen MR) is 68.1 cm³/mol. The molecular weight excluding hydrogens is 226 g/mol. The first-order chi connectivity index (χ1) is 8.92. The van der Waals surface area contributed by atoms with E-state index in [2.05, 4.69) is 19.9 Å². The lowest BCUT2D eigenvalue weighted by atomic mass is 10.2. The number of fused-ring (bicyclic) bond motifs is 3. The molecule has 0 saturated heterocycles. The molecule has 0 fully saturated rings. The van der Waals surface area contributed by atoms with Crippen molar-refractivity contribution >= 4 is 16.7 Å². The molecule has 0 amide bonds. The molecule has 4 rings (SSSR count). The highest BCUT2D eigenvalue weighted by molar-refractivity contribution is 5.90. The maximum atomic E-state index is 4.65. The topological polar surface area (TPSA) is 58.9 Å². The van der Waals surface area contributed by atoms with Gasteiger partial charge in [0.2, 0.25) is 0 Å². The van der Waals surface area contributed by atoms with Crippen molar-refractivity contribution in [2.45, 2.75) is 0 Å². The summed E-state index contributed by atoms with van der Waals surface area (Å²) in [6.07, 6.45) is 9.16. The Labute approximate surface area is 102 Å². The number of rotatable bonds is 1. The Balaban J connectivity index is 2.04. The van der Waals surface area contributed by atoms with E-state index in [1.807, 2.05) is 41.2 Å². The van der Waals surface area contributed by atoms with Crippen molar-refractivity contribution in [1.29, 1.82) is 0 Å². The Morgan fingerprint density at radius 1 is 1.22 bits per heavy atom. The monoisotopic (exact) mass is 235 g/mol. The largest absolute Gasteiger partial charge is 0.346 e. The maximum absolute atomic E-state index is 4.65. The van der Waals surface area contributed by atoms with Crippen LogP contribution in [-0.2, 0) is 0 Å². The number of aromatic amines is 1. The lowest BCUT2D eigenvalue weighted by Crippen LogP contribution is -1.86. The number of aromatic nitrogens is 5. The smallest absolute Gasteiger partial charge is 0.149 e. The van der Waals surface area contributed by atoms with E-state index in [9.17, 15) is 0 Å². The first kappa shape index (κ1) is 9.35. The molecule has 0 radical (unpaired) electrons. The molecule has 0 atom stereocenters. The number of nitrogens with one attached hydrogen (secondary N) is 1. The Bertz CT molecular complexity index is 828. The molecule has 5 nitrogen and oxygen atoms in total. The predicted octanol–water partition coefficient (Wildman–Crippen LogP) is 2.27. The van der Waals surface area contributed by atoms with Gasteiger partial charge in [0, 0.05) is 30.4 Å². The van der Waals surface area contributed by atoms with E-state index in [1.54, 1.807) is 12.5 Å². The first-order valence-electron chi connectivity index (χ1n) is 5.63. The Morgan fingerprint density at radius 3 is 3.11 bits per heavy atom. The average Bonchev–Trinajstić information content (AvgIpc) is 3.05. The lowest BCUT2D eigenvalue weighted by Gasteiger charge is -1.92. The van der Waals surface area contributed by atoms with Crippen molar-refractivity contribution in [3.63, 3.8) is 0 Å². The van der Waals surface area contributed by atoms with Crippen LogP contribution in [-0.4, -0.2) is 24.3 Å². The van der Waals surface area contributed by atoms with Crippen molar-refractivity contribution in [2.75, 3.05) is 0 Å². The van der Waals surface area contributed by atoms with Crippen molar-refractivity contribution in [3.8, 4) is 11.3 Å². The summed E-state index contributed by atoms with van der Waals surface area (Å²) in [6, 6.07) is 5.89. The van der Waals surface area contributed by atoms with Gasteiger partial charge in [0.25, 0.3) is 0 Å². The molecular formula is C13H9N5. The van der Waals surface area contributed by atoms with Crippen LogP contribution < -0.4 is 0 Å². The lowest BCUT2D eigenvalue weighted by molar-refractivity contribution is 1.11. The van der Waals surface area contributed by atoms with Crippen LogP contribution in [0.5, 0.6) is 0 Å². The highest BCUT2D eigenvalue weighted by atomic mass is 15.1. The second-order valence-electron chi connectivity index (χ2n) is 4.08. The van der Waals surface area contributed by atoms with E-state index in [4.69, 9.17) is 0 Å². The van der Waals surface area contributed by atoms with Crippen LogP contribution in [0.15, 0.2) is 49.3 Å². The van der Waals surface area contributed by atoms with Gasteiger partial charge < -0.3 is 4.98 Å². The molecule has 86 valence electrons. The molecule has 0 bridgehead atoms. The molecule has 0 aromatic carbocycles. The van der Waals surface area contributed by atoms with Gasteiger partial charge in [-0.3, -0.25) is 9.38 Å². The van der Waals surface area contributed by atoms with Crippen molar-refractivity contribution < 1.29 is 0 Å². The fourth-order valence-corrected chi connectivity index (χ4v) is 2.10. The van der Waals surface area contributed by atoms with Crippen LogP contribution in [0.25, 0.3) is 27.9 Å². The molecule has 5 heteroatoms. The number of hydrogen-bond acceptors (Lipinski definition) is 3. The van der Waals surface area contributed by atoms with Gasteiger partial charge in [0.05, 0.1) is 11.1 Å². The minimum atomic E-state index is 0.853. The SMILES string of the molecule is c1cncc(-c2cn3cnc4[nH]ccc4c3n2)c1. The van der Waals surface area contributed by atoms with E-state index in [1.165, 1.54) is 0 Å². The normalized spacial score (nSPS) is 11.3. The molecule has 0 aliphatic carbocycles. The van der Waals surface area contributed by atoms with Crippen LogP contribution in [0.2, 0.25) is 0 Å². The quantitative estimate of drug-likeness (QED) is 0.550. The van der Waals surface area contributed by atoms with Gasteiger partial charge in [-0.15, -0.1) is 0 Å². The van der Waals surface area contributed by atoms with Crippen molar-refractivity contribution in [2.24, 2.45) is 0 Å². The van der Waals surface area contributed by atoms with Gasteiger partial charge >= 0.3 is 0 Å². The van der Waals surface area contributed by atoms with E-state index < -0.39 is 0 Å². The molecule has 0 aliphatic rings. The number of pyridine rings is 1. The third kappa shape index (κ3) is 1.24. The van der Waals surface area contributed by atoms with Crippen LogP contribution >= 0.6 is 0 Å². The number of hydrogen-bond donors (Lipinski definition) is 1. The molecule has 1 N–H and O–H groups in total. The Morgan fingerprint density at radius 2 is 2.22 bits per heavy atom. The standard InChI is InChI=1S/C13H9N5/c1-2-9(6-14-4-1)11-7-18-8-16-12-10(3-5-15-12)13(18)17-11/h1-8,15H. The van der Waals surface area contributed by atoms with E-state index >= 15 is 0 Å². The van der Waals surface area contributed by atoms with Crippen molar-refractivity contribution in [3.05, 3.63) is 49.3 Å². The van der Waals surface area contributed by atoms with Gasteiger partial charge in [-0.25, -0.2) is 9.97 Å². The fraction of sp³-hybridized carbons (Fsp3) is 0. The molecule has 4 aromatic rings.